The average Bonchev–Trinajstić information content (AvgIpc) is 2.84. The van der Waals surface area contributed by atoms with Crippen LogP contribution in [0.2, 0.25) is 36.3 Å². The molecular weight excluding hydrogens is 408 g/mol. The minimum Gasteiger partial charge on any atom is -0.408 e. The van der Waals surface area contributed by atoms with E-state index >= 15 is 0 Å². The summed E-state index contributed by atoms with van der Waals surface area (Å²) in [5.74, 6) is 5.58. The maximum Gasteiger partial charge on any atom is 0.193 e. The quantitative estimate of drug-likeness (QED) is 0.269. The first kappa shape index (κ1) is 27.2. The second kappa shape index (κ2) is 9.32. The van der Waals surface area contributed by atoms with Gasteiger partial charge in [-0.25, -0.2) is 0 Å². The van der Waals surface area contributed by atoms with E-state index in [9.17, 15) is 0 Å². The molecule has 0 radical (unpaired) electrons. The van der Waals surface area contributed by atoms with Gasteiger partial charge in [0, 0.05) is 19.1 Å². The first-order chi connectivity index (χ1) is 13.5. The predicted octanol–water partition coefficient (Wildman–Crippen LogP) is 5.72. The van der Waals surface area contributed by atoms with Crippen molar-refractivity contribution in [1.82, 2.24) is 0 Å². The second-order valence-electron chi connectivity index (χ2n) is 11.2. The molecule has 0 fully saturated rings. The van der Waals surface area contributed by atoms with Gasteiger partial charge in [-0.05, 0) is 42.3 Å². The summed E-state index contributed by atoms with van der Waals surface area (Å²) in [5.41, 5.74) is -0.271. The smallest absolute Gasteiger partial charge is 0.193 e. The van der Waals surface area contributed by atoms with Crippen LogP contribution in [0.25, 0.3) is 0 Å². The van der Waals surface area contributed by atoms with E-state index in [0.717, 1.165) is 0 Å². The van der Waals surface area contributed by atoms with Crippen LogP contribution in [0.3, 0.4) is 0 Å². The monoisotopic (exact) mass is 450 g/mol. The molecule has 0 heterocycles. The maximum absolute atomic E-state index is 6.94. The fraction of sp³-hybridized carbons (Fsp3) is 0.750. The van der Waals surface area contributed by atoms with E-state index in [0.29, 0.717) is 12.0 Å². The number of hydrogen-bond donors (Lipinski definition) is 0. The first-order valence-corrected chi connectivity index (χ1v) is 16.4. The number of ether oxygens (including phenoxy) is 2. The van der Waals surface area contributed by atoms with E-state index in [-0.39, 0.29) is 23.0 Å². The molecular formula is C24H42O4Si2. The number of hydrogen-bond acceptors (Lipinski definition) is 4. The molecule has 0 bridgehead atoms. The Morgan fingerprint density at radius 1 is 0.967 bits per heavy atom. The molecule has 0 spiro atoms. The summed E-state index contributed by atoms with van der Waals surface area (Å²) in [6, 6.07) is 0. The van der Waals surface area contributed by atoms with Crippen molar-refractivity contribution in [2.75, 3.05) is 13.9 Å². The van der Waals surface area contributed by atoms with Gasteiger partial charge in [0.25, 0.3) is 0 Å². The van der Waals surface area contributed by atoms with Crippen molar-refractivity contribution in [2.45, 2.75) is 102 Å². The Labute approximate surface area is 187 Å². The lowest BCUT2D eigenvalue weighted by molar-refractivity contribution is -0.157. The van der Waals surface area contributed by atoms with Crippen molar-refractivity contribution in [3.8, 4) is 24.7 Å². The Morgan fingerprint density at radius 2 is 1.47 bits per heavy atom. The lowest BCUT2D eigenvalue weighted by Crippen LogP contribution is -2.58. The van der Waals surface area contributed by atoms with Gasteiger partial charge in [0.2, 0.25) is 0 Å². The van der Waals surface area contributed by atoms with Crippen molar-refractivity contribution in [3.05, 3.63) is 11.6 Å². The highest BCUT2D eigenvalue weighted by molar-refractivity contribution is 6.74. The molecule has 1 rings (SSSR count). The summed E-state index contributed by atoms with van der Waals surface area (Å²) in [5, 5.41) is 0.0555. The van der Waals surface area contributed by atoms with Crippen LogP contribution in [0.15, 0.2) is 11.6 Å². The Bertz CT molecular complexity index is 713. The lowest BCUT2D eigenvalue weighted by atomic mass is 9.89. The van der Waals surface area contributed by atoms with Crippen LogP contribution in [0, 0.1) is 24.7 Å². The van der Waals surface area contributed by atoms with E-state index in [1.165, 1.54) is 0 Å². The third-order valence-electron chi connectivity index (χ3n) is 6.96. The lowest BCUT2D eigenvalue weighted by Gasteiger charge is -2.47. The fourth-order valence-electron chi connectivity index (χ4n) is 2.97. The predicted molar refractivity (Wildman–Crippen MR) is 130 cm³/mol. The molecule has 30 heavy (non-hydrogen) atoms. The molecule has 0 N–H and O–H groups in total. The molecule has 170 valence electrons. The standard InChI is InChI=1S/C24H42O4Si2/c1-14-16-24(26-18-25-9)19(15-2)17-20(27-29(10,11)22(3,4)5)21(24)28-30(12,13)23(6,7)8/h1-2,17,20-21H,16,18H2,3-13H3/t20-,21+,24+/m1/s1. The number of terminal acetylenes is 2. The molecule has 0 saturated heterocycles. The van der Waals surface area contributed by atoms with Crippen LogP contribution in [-0.4, -0.2) is 48.3 Å². The van der Waals surface area contributed by atoms with Gasteiger partial charge in [-0.15, -0.1) is 18.8 Å². The summed E-state index contributed by atoms with van der Waals surface area (Å²) in [7, 11) is -2.71. The first-order valence-electron chi connectivity index (χ1n) is 10.6. The summed E-state index contributed by atoms with van der Waals surface area (Å²) < 4.78 is 25.3. The van der Waals surface area contributed by atoms with Gasteiger partial charge >= 0.3 is 0 Å². The Kier molecular flexibility index (Phi) is 8.44. The summed E-state index contributed by atoms with van der Waals surface area (Å²) >= 11 is 0. The van der Waals surface area contributed by atoms with Crippen molar-refractivity contribution in [3.63, 3.8) is 0 Å². The summed E-state index contributed by atoms with van der Waals surface area (Å²) in [6.45, 7) is 22.3. The molecule has 4 nitrogen and oxygen atoms in total. The van der Waals surface area contributed by atoms with Gasteiger partial charge < -0.3 is 18.3 Å². The van der Waals surface area contributed by atoms with E-state index < -0.39 is 28.3 Å². The van der Waals surface area contributed by atoms with Gasteiger partial charge in [0.1, 0.15) is 18.5 Å². The average molecular weight is 451 g/mol. The zero-order valence-electron chi connectivity index (χ0n) is 20.9. The Balaban J connectivity index is 3.57. The SMILES string of the molecule is C#CC[C@]1(OCOC)C(C#C)=C[C@@H](O[Si](C)(C)C(C)(C)C)[C@@H]1O[Si](C)(C)C(C)(C)C. The van der Waals surface area contributed by atoms with E-state index in [2.05, 4.69) is 79.6 Å². The highest BCUT2D eigenvalue weighted by Gasteiger charge is 2.57. The normalized spacial score (nSPS) is 25.6. The Hall–Kier alpha value is -0.866. The van der Waals surface area contributed by atoms with E-state index in [1.807, 2.05) is 6.08 Å². The number of methoxy groups -OCH3 is 1. The van der Waals surface area contributed by atoms with Crippen LogP contribution < -0.4 is 0 Å². The topological polar surface area (TPSA) is 36.9 Å². The van der Waals surface area contributed by atoms with Crippen LogP contribution >= 0.6 is 0 Å². The van der Waals surface area contributed by atoms with Crippen LogP contribution in [0.5, 0.6) is 0 Å². The molecule has 0 aromatic carbocycles. The zero-order valence-corrected chi connectivity index (χ0v) is 22.9. The third-order valence-corrected chi connectivity index (χ3v) is 15.9. The molecule has 0 aromatic heterocycles. The van der Waals surface area contributed by atoms with Gasteiger partial charge in [-0.2, -0.15) is 0 Å². The van der Waals surface area contributed by atoms with Gasteiger partial charge in [-0.1, -0.05) is 47.5 Å². The Morgan fingerprint density at radius 3 is 1.87 bits per heavy atom. The van der Waals surface area contributed by atoms with Gasteiger partial charge in [0.15, 0.2) is 16.6 Å². The van der Waals surface area contributed by atoms with Crippen LogP contribution in [0.4, 0.5) is 0 Å². The molecule has 1 aliphatic rings. The minimum atomic E-state index is -2.19. The largest absolute Gasteiger partial charge is 0.408 e. The van der Waals surface area contributed by atoms with Crippen LogP contribution in [0.1, 0.15) is 48.0 Å². The van der Waals surface area contributed by atoms with Gasteiger partial charge in [-0.3, -0.25) is 0 Å². The third kappa shape index (κ3) is 5.48. The summed E-state index contributed by atoms with van der Waals surface area (Å²) in [4.78, 5) is 0. The van der Waals surface area contributed by atoms with E-state index in [1.54, 1.807) is 7.11 Å². The molecule has 0 aromatic rings. The van der Waals surface area contributed by atoms with E-state index in [4.69, 9.17) is 31.2 Å². The van der Waals surface area contributed by atoms with Gasteiger partial charge in [0.05, 0.1) is 6.10 Å². The fourth-order valence-corrected chi connectivity index (χ4v) is 5.51. The molecule has 0 amide bonds. The maximum atomic E-state index is 6.94. The van der Waals surface area contributed by atoms with Crippen molar-refractivity contribution < 1.29 is 18.3 Å². The number of rotatable bonds is 8. The molecule has 6 heteroatoms. The minimum absolute atomic E-state index is 0.0105. The van der Waals surface area contributed by atoms with Crippen molar-refractivity contribution in [1.29, 1.82) is 0 Å². The molecule has 1 aliphatic carbocycles. The highest BCUT2D eigenvalue weighted by atomic mass is 28.4. The zero-order chi connectivity index (χ0) is 23.6. The second-order valence-corrected chi connectivity index (χ2v) is 20.7. The van der Waals surface area contributed by atoms with Crippen molar-refractivity contribution >= 4 is 16.6 Å². The van der Waals surface area contributed by atoms with Crippen LogP contribution in [-0.2, 0) is 18.3 Å². The molecule has 0 saturated carbocycles. The van der Waals surface area contributed by atoms with Crippen molar-refractivity contribution in [2.24, 2.45) is 0 Å². The highest BCUT2D eigenvalue weighted by Crippen LogP contribution is 2.47. The summed E-state index contributed by atoms with van der Waals surface area (Å²) in [6.07, 6.45) is 13.3. The molecule has 0 unspecified atom stereocenters. The molecule has 3 atom stereocenters. The molecule has 0 aliphatic heterocycles.